The second kappa shape index (κ2) is 5.82. The number of nitrogens with zero attached hydrogens (tertiary/aromatic N) is 2. The summed E-state index contributed by atoms with van der Waals surface area (Å²) in [5.74, 6) is 0.0789. The number of aromatic amines is 1. The van der Waals surface area contributed by atoms with Crippen molar-refractivity contribution in [2.24, 2.45) is 0 Å². The number of aliphatic hydroxyl groups excluding tert-OH is 1. The summed E-state index contributed by atoms with van der Waals surface area (Å²) in [6, 6.07) is 1.80. The number of carbonyl (C=O) groups excluding carboxylic acids is 1. The van der Waals surface area contributed by atoms with E-state index in [1.54, 1.807) is 6.20 Å². The number of amides is 1. The standard InChI is InChI=1S/C12H19N3O2/c16-9-11-4-2-1-3-7-15(11)12(17)8-10-5-6-13-14-10/h5-6,11,16H,1-4,7-9H2,(H,13,14). The SMILES string of the molecule is O=C(Cc1ccn[nH]1)N1CCCCCC1CO. The number of likely N-dealkylation sites (tertiary alicyclic amines) is 1. The lowest BCUT2D eigenvalue weighted by Gasteiger charge is -2.28. The minimum atomic E-state index is -0.00655. The molecule has 0 radical (unpaired) electrons. The Morgan fingerprint density at radius 3 is 3.12 bits per heavy atom. The Bertz CT molecular complexity index is 351. The Morgan fingerprint density at radius 2 is 2.41 bits per heavy atom. The maximum Gasteiger partial charge on any atom is 0.228 e. The molecule has 1 aliphatic rings. The van der Waals surface area contributed by atoms with Crippen LogP contribution in [0.4, 0.5) is 0 Å². The minimum Gasteiger partial charge on any atom is -0.394 e. The van der Waals surface area contributed by atoms with Crippen molar-refractivity contribution in [3.63, 3.8) is 0 Å². The van der Waals surface area contributed by atoms with E-state index in [1.165, 1.54) is 0 Å². The van der Waals surface area contributed by atoms with Gasteiger partial charge in [-0.15, -0.1) is 0 Å². The summed E-state index contributed by atoms with van der Waals surface area (Å²) in [6.07, 6.45) is 6.17. The molecule has 5 nitrogen and oxygen atoms in total. The van der Waals surface area contributed by atoms with Gasteiger partial charge in [0.25, 0.3) is 0 Å². The van der Waals surface area contributed by atoms with Crippen LogP contribution in [0.3, 0.4) is 0 Å². The van der Waals surface area contributed by atoms with Crippen LogP contribution in [-0.2, 0) is 11.2 Å². The van der Waals surface area contributed by atoms with Crippen LogP contribution in [0, 0.1) is 0 Å². The van der Waals surface area contributed by atoms with Gasteiger partial charge in [-0.1, -0.05) is 12.8 Å². The van der Waals surface area contributed by atoms with Gasteiger partial charge in [0.05, 0.1) is 19.1 Å². The third-order valence-corrected chi connectivity index (χ3v) is 3.31. The molecule has 0 aromatic carbocycles. The van der Waals surface area contributed by atoms with E-state index in [0.717, 1.165) is 37.9 Å². The van der Waals surface area contributed by atoms with Crippen LogP contribution in [0.25, 0.3) is 0 Å². The second-order valence-electron chi connectivity index (χ2n) is 4.53. The Kier molecular flexibility index (Phi) is 4.14. The van der Waals surface area contributed by atoms with Crippen LogP contribution in [0.1, 0.15) is 31.4 Å². The van der Waals surface area contributed by atoms with E-state index in [4.69, 9.17) is 0 Å². The highest BCUT2D eigenvalue weighted by molar-refractivity contribution is 5.78. The summed E-state index contributed by atoms with van der Waals surface area (Å²) in [6.45, 7) is 0.826. The fourth-order valence-electron chi connectivity index (χ4n) is 2.34. The zero-order valence-electron chi connectivity index (χ0n) is 9.93. The molecular formula is C12H19N3O2. The predicted molar refractivity (Wildman–Crippen MR) is 63.3 cm³/mol. The molecule has 1 aromatic heterocycles. The third-order valence-electron chi connectivity index (χ3n) is 3.31. The highest BCUT2D eigenvalue weighted by Gasteiger charge is 2.24. The molecule has 5 heteroatoms. The highest BCUT2D eigenvalue weighted by atomic mass is 16.3. The zero-order chi connectivity index (χ0) is 12.1. The number of aliphatic hydroxyl groups is 1. The average molecular weight is 237 g/mol. The topological polar surface area (TPSA) is 69.2 Å². The van der Waals surface area contributed by atoms with E-state index >= 15 is 0 Å². The van der Waals surface area contributed by atoms with Crippen molar-refractivity contribution in [3.05, 3.63) is 18.0 Å². The first kappa shape index (κ1) is 12.1. The van der Waals surface area contributed by atoms with Gasteiger partial charge in [-0.3, -0.25) is 9.89 Å². The summed E-state index contributed by atoms with van der Waals surface area (Å²) < 4.78 is 0. The van der Waals surface area contributed by atoms with Crippen LogP contribution in [0.2, 0.25) is 0 Å². The summed E-state index contributed by atoms with van der Waals surface area (Å²) in [5, 5.41) is 16.0. The van der Waals surface area contributed by atoms with E-state index in [1.807, 2.05) is 11.0 Å². The predicted octanol–water partition coefficient (Wildman–Crippen LogP) is 0.716. The highest BCUT2D eigenvalue weighted by Crippen LogP contribution is 2.17. The molecule has 1 amide bonds. The molecule has 0 spiro atoms. The number of hydrogen-bond donors (Lipinski definition) is 2. The number of aromatic nitrogens is 2. The van der Waals surface area contributed by atoms with Crippen LogP contribution in [-0.4, -0.2) is 45.3 Å². The smallest absolute Gasteiger partial charge is 0.228 e. The van der Waals surface area contributed by atoms with Crippen molar-refractivity contribution in [3.8, 4) is 0 Å². The molecule has 1 atom stereocenters. The van der Waals surface area contributed by atoms with E-state index in [2.05, 4.69) is 10.2 Å². The number of nitrogens with one attached hydrogen (secondary N) is 1. The molecule has 1 unspecified atom stereocenters. The molecule has 2 N–H and O–H groups in total. The maximum atomic E-state index is 12.2. The van der Waals surface area contributed by atoms with Crippen LogP contribution >= 0.6 is 0 Å². The quantitative estimate of drug-likeness (QED) is 0.813. The first-order valence-electron chi connectivity index (χ1n) is 6.20. The van der Waals surface area contributed by atoms with Crippen LogP contribution in [0.15, 0.2) is 12.3 Å². The lowest BCUT2D eigenvalue weighted by atomic mass is 10.1. The molecule has 1 fully saturated rings. The summed E-state index contributed by atoms with van der Waals surface area (Å²) in [7, 11) is 0. The van der Waals surface area contributed by atoms with E-state index in [0.29, 0.717) is 6.42 Å². The van der Waals surface area contributed by atoms with Crippen molar-refractivity contribution < 1.29 is 9.90 Å². The number of carbonyl (C=O) groups is 1. The van der Waals surface area contributed by atoms with Gasteiger partial charge >= 0.3 is 0 Å². The van der Waals surface area contributed by atoms with Gasteiger partial charge in [-0.2, -0.15) is 5.10 Å². The molecule has 1 saturated heterocycles. The fraction of sp³-hybridized carbons (Fsp3) is 0.667. The van der Waals surface area contributed by atoms with Crippen molar-refractivity contribution in [2.75, 3.05) is 13.2 Å². The van der Waals surface area contributed by atoms with Crippen molar-refractivity contribution in [1.29, 1.82) is 0 Å². The van der Waals surface area contributed by atoms with E-state index in [-0.39, 0.29) is 18.6 Å². The van der Waals surface area contributed by atoms with Gasteiger partial charge in [0.15, 0.2) is 0 Å². The van der Waals surface area contributed by atoms with Crippen LogP contribution in [0.5, 0.6) is 0 Å². The molecule has 0 aliphatic carbocycles. The number of rotatable bonds is 3. The fourth-order valence-corrected chi connectivity index (χ4v) is 2.34. The van der Waals surface area contributed by atoms with E-state index < -0.39 is 0 Å². The molecule has 2 rings (SSSR count). The molecule has 1 aromatic rings. The first-order chi connectivity index (χ1) is 8.31. The van der Waals surface area contributed by atoms with Gasteiger partial charge < -0.3 is 10.0 Å². The van der Waals surface area contributed by atoms with Crippen molar-refractivity contribution in [1.82, 2.24) is 15.1 Å². The van der Waals surface area contributed by atoms with Gasteiger partial charge in [0, 0.05) is 18.4 Å². The van der Waals surface area contributed by atoms with Gasteiger partial charge in [-0.25, -0.2) is 0 Å². The minimum absolute atomic E-state index is 0.00655. The van der Waals surface area contributed by atoms with Crippen molar-refractivity contribution >= 4 is 5.91 Å². The Balaban J connectivity index is 2.00. The van der Waals surface area contributed by atoms with E-state index in [9.17, 15) is 9.90 Å². The molecule has 1 aliphatic heterocycles. The average Bonchev–Trinajstić information content (AvgIpc) is 2.71. The van der Waals surface area contributed by atoms with Gasteiger partial charge in [0.2, 0.25) is 5.91 Å². The molecule has 17 heavy (non-hydrogen) atoms. The molecule has 0 bridgehead atoms. The molecule has 2 heterocycles. The van der Waals surface area contributed by atoms with Crippen molar-refractivity contribution in [2.45, 2.75) is 38.1 Å². The molecular weight excluding hydrogens is 218 g/mol. The lowest BCUT2D eigenvalue weighted by molar-refractivity contribution is -0.133. The Morgan fingerprint density at radius 1 is 1.53 bits per heavy atom. The normalized spacial score (nSPS) is 21.2. The van der Waals surface area contributed by atoms with Gasteiger partial charge in [-0.05, 0) is 18.9 Å². The number of hydrogen-bond acceptors (Lipinski definition) is 3. The second-order valence-corrected chi connectivity index (χ2v) is 4.53. The Hall–Kier alpha value is -1.36. The number of H-pyrrole nitrogens is 1. The lowest BCUT2D eigenvalue weighted by Crippen LogP contribution is -2.42. The largest absolute Gasteiger partial charge is 0.394 e. The molecule has 94 valence electrons. The monoisotopic (exact) mass is 237 g/mol. The van der Waals surface area contributed by atoms with Gasteiger partial charge in [0.1, 0.15) is 0 Å². The maximum absolute atomic E-state index is 12.2. The first-order valence-corrected chi connectivity index (χ1v) is 6.20. The zero-order valence-corrected chi connectivity index (χ0v) is 9.93. The summed E-state index contributed by atoms with van der Waals surface area (Å²) >= 11 is 0. The summed E-state index contributed by atoms with van der Waals surface area (Å²) in [5.41, 5.74) is 0.830. The summed E-state index contributed by atoms with van der Waals surface area (Å²) in [4.78, 5) is 14.0. The Labute approximate surface area is 101 Å². The van der Waals surface area contributed by atoms with Crippen LogP contribution < -0.4 is 0 Å². The third kappa shape index (κ3) is 3.06. The molecule has 0 saturated carbocycles.